The third kappa shape index (κ3) is 2.34. The fraction of sp³-hybridized carbons (Fsp3) is 0.533. The number of hydrogen-bond donors (Lipinski definition) is 3. The zero-order valence-corrected chi connectivity index (χ0v) is 13.5. The molecule has 0 radical (unpaired) electrons. The Morgan fingerprint density at radius 2 is 2.04 bits per heavy atom. The van der Waals surface area contributed by atoms with Crippen LogP contribution in [0.4, 0.5) is 18.9 Å². The van der Waals surface area contributed by atoms with E-state index in [-0.39, 0.29) is 24.6 Å². The number of ether oxygens (including phenoxy) is 1. The predicted molar refractivity (Wildman–Crippen MR) is 82.9 cm³/mol. The van der Waals surface area contributed by atoms with Gasteiger partial charge in [-0.3, -0.25) is 13.4 Å². The van der Waals surface area contributed by atoms with Gasteiger partial charge in [0.25, 0.3) is 0 Å². The van der Waals surface area contributed by atoms with Crippen LogP contribution in [0.1, 0.15) is 17.5 Å². The summed E-state index contributed by atoms with van der Waals surface area (Å²) in [5.41, 5.74) is -1.64. The van der Waals surface area contributed by atoms with Crippen molar-refractivity contribution in [3.8, 4) is 6.07 Å². The summed E-state index contributed by atoms with van der Waals surface area (Å²) >= 11 is 0. The van der Waals surface area contributed by atoms with Gasteiger partial charge < -0.3 is 9.84 Å². The molecule has 3 heterocycles. The number of hydrogen-bond acceptors (Lipinski definition) is 6. The number of anilines is 1. The second kappa shape index (κ2) is 5.25. The second-order valence-corrected chi connectivity index (χ2v) is 8.64. The van der Waals surface area contributed by atoms with Gasteiger partial charge in [0.1, 0.15) is 5.25 Å². The van der Waals surface area contributed by atoms with Crippen molar-refractivity contribution in [2.24, 2.45) is 5.92 Å². The summed E-state index contributed by atoms with van der Waals surface area (Å²) in [4.78, 5) is 0. The molecule has 4 rings (SSSR count). The second-order valence-electron chi connectivity index (χ2n) is 6.53. The van der Waals surface area contributed by atoms with E-state index in [9.17, 15) is 27.4 Å². The summed E-state index contributed by atoms with van der Waals surface area (Å²) in [6.45, 7) is 0.0778. The Morgan fingerprint density at radius 3 is 2.68 bits per heavy atom. The van der Waals surface area contributed by atoms with Gasteiger partial charge in [0.05, 0.1) is 41.2 Å². The number of aliphatic hydroxyl groups excluding tert-OH is 1. The van der Waals surface area contributed by atoms with Gasteiger partial charge in [0.2, 0.25) is 0 Å². The molecule has 0 saturated carbocycles. The van der Waals surface area contributed by atoms with Crippen LogP contribution in [0.3, 0.4) is 0 Å². The Hall–Kier alpha value is -1.51. The minimum atomic E-state index is -4.72. The molecule has 2 bridgehead atoms. The first-order chi connectivity index (χ1) is 11.6. The van der Waals surface area contributed by atoms with Gasteiger partial charge in [-0.15, -0.1) is 10.8 Å². The average Bonchev–Trinajstić information content (AvgIpc) is 3.15. The van der Waals surface area contributed by atoms with Gasteiger partial charge in [0, 0.05) is 18.9 Å². The van der Waals surface area contributed by atoms with E-state index in [1.165, 1.54) is 16.4 Å². The van der Waals surface area contributed by atoms with Gasteiger partial charge in [-0.25, -0.2) is 0 Å². The third-order valence-electron chi connectivity index (χ3n) is 5.18. The van der Waals surface area contributed by atoms with E-state index < -0.39 is 51.6 Å². The summed E-state index contributed by atoms with van der Waals surface area (Å²) in [5, 5.41) is 18.2. The molecule has 0 aliphatic carbocycles. The van der Waals surface area contributed by atoms with Crippen molar-refractivity contribution in [1.29, 1.82) is 5.26 Å². The largest absolute Gasteiger partial charge is 0.417 e. The van der Waals surface area contributed by atoms with Crippen LogP contribution < -0.4 is 4.31 Å². The molecule has 0 unspecified atom stereocenters. The molecule has 10 heteroatoms. The van der Waals surface area contributed by atoms with Crippen LogP contribution in [-0.4, -0.2) is 44.3 Å². The standard InChI is InChI=1S/C15H15F3N2O4S/c16-15(17,18)10-3-8(2-1-7(10)5-19)20-6-9-13-11(21)4-12(24-13)14(9)25(20,22)23/h1-3,9,11-14,21-23H,4,6H2/t9-,11-,12-,13-,14-/m1/s1. The lowest BCUT2D eigenvalue weighted by Crippen LogP contribution is -2.39. The molecule has 1 aromatic carbocycles. The number of nitrogens with zero attached hydrogens (tertiary/aromatic N) is 2. The number of fused-ring (bicyclic) bond motifs is 5. The van der Waals surface area contributed by atoms with Crippen LogP contribution in [0.2, 0.25) is 0 Å². The van der Waals surface area contributed by atoms with Crippen molar-refractivity contribution in [3.05, 3.63) is 29.3 Å². The van der Waals surface area contributed by atoms with E-state index in [0.717, 1.165) is 12.1 Å². The van der Waals surface area contributed by atoms with Gasteiger partial charge in [-0.2, -0.15) is 18.4 Å². The fourth-order valence-corrected chi connectivity index (χ4v) is 6.56. The van der Waals surface area contributed by atoms with Crippen molar-refractivity contribution in [2.45, 2.75) is 36.2 Å². The van der Waals surface area contributed by atoms with Crippen molar-refractivity contribution < 1.29 is 32.1 Å². The van der Waals surface area contributed by atoms with E-state index in [1.54, 1.807) is 0 Å². The highest BCUT2D eigenvalue weighted by Crippen LogP contribution is 2.65. The van der Waals surface area contributed by atoms with Crippen LogP contribution >= 0.6 is 10.8 Å². The van der Waals surface area contributed by atoms with E-state index in [4.69, 9.17) is 10.00 Å². The molecule has 25 heavy (non-hydrogen) atoms. The first kappa shape index (κ1) is 16.9. The van der Waals surface area contributed by atoms with Crippen molar-refractivity contribution in [3.63, 3.8) is 0 Å². The van der Waals surface area contributed by atoms with Crippen LogP contribution in [0, 0.1) is 17.2 Å². The Balaban J connectivity index is 1.73. The van der Waals surface area contributed by atoms with Gasteiger partial charge in [0.15, 0.2) is 0 Å². The summed E-state index contributed by atoms with van der Waals surface area (Å²) in [5.74, 6) is -0.358. The van der Waals surface area contributed by atoms with E-state index in [0.29, 0.717) is 0 Å². The number of aliphatic hydroxyl groups is 1. The number of rotatable bonds is 1. The highest BCUT2D eigenvalue weighted by Gasteiger charge is 2.64. The SMILES string of the molecule is N#Cc1ccc(N2C[C@@H]3[C@H]4O[C@H](C[C@H]4O)[C@@H]3S2(O)O)cc1C(F)(F)F. The molecule has 3 N–H and O–H groups in total. The van der Waals surface area contributed by atoms with Crippen LogP contribution in [0.25, 0.3) is 0 Å². The van der Waals surface area contributed by atoms with Gasteiger partial charge in [-0.1, -0.05) is 0 Å². The molecule has 0 amide bonds. The minimum absolute atomic E-state index is 0.00499. The number of alkyl halides is 3. The smallest absolute Gasteiger partial charge is 0.390 e. The van der Waals surface area contributed by atoms with Gasteiger partial charge in [-0.05, 0) is 18.2 Å². The minimum Gasteiger partial charge on any atom is -0.390 e. The molecule has 3 fully saturated rings. The molecule has 3 aliphatic rings. The van der Waals surface area contributed by atoms with Gasteiger partial charge >= 0.3 is 6.18 Å². The van der Waals surface area contributed by atoms with Crippen LogP contribution in [0.5, 0.6) is 0 Å². The summed E-state index contributed by atoms with van der Waals surface area (Å²) in [6.07, 6.45) is -6.19. The molecule has 3 aliphatic heterocycles. The molecule has 3 saturated heterocycles. The third-order valence-corrected chi connectivity index (χ3v) is 7.57. The molecule has 0 spiro atoms. The summed E-state index contributed by atoms with van der Waals surface area (Å²) in [6, 6.07) is 4.58. The Labute approximate surface area is 142 Å². The zero-order chi connectivity index (χ0) is 18.1. The van der Waals surface area contributed by atoms with Crippen molar-refractivity contribution in [1.82, 2.24) is 0 Å². The van der Waals surface area contributed by atoms with E-state index in [1.807, 2.05) is 0 Å². The highest BCUT2D eigenvalue weighted by molar-refractivity contribution is 8.26. The van der Waals surface area contributed by atoms with E-state index >= 15 is 0 Å². The molecular formula is C15H15F3N2O4S. The normalized spacial score (nSPS) is 37.0. The monoisotopic (exact) mass is 376 g/mol. The molecule has 136 valence electrons. The first-order valence-electron chi connectivity index (χ1n) is 7.64. The molecule has 5 atom stereocenters. The average molecular weight is 376 g/mol. The lowest BCUT2D eigenvalue weighted by Gasteiger charge is -2.43. The molecule has 6 nitrogen and oxygen atoms in total. The molecule has 1 aromatic rings. The Bertz CT molecular complexity index is 766. The molecular weight excluding hydrogens is 361 g/mol. The lowest BCUT2D eigenvalue weighted by atomic mass is 9.87. The van der Waals surface area contributed by atoms with Crippen LogP contribution in [-0.2, 0) is 10.9 Å². The quantitative estimate of drug-likeness (QED) is 0.697. The maximum atomic E-state index is 13.2. The molecule has 0 aromatic heterocycles. The topological polar surface area (TPSA) is 97.0 Å². The van der Waals surface area contributed by atoms with Crippen LogP contribution in [0.15, 0.2) is 18.2 Å². The van der Waals surface area contributed by atoms with Crippen molar-refractivity contribution in [2.75, 3.05) is 10.8 Å². The van der Waals surface area contributed by atoms with Crippen molar-refractivity contribution >= 4 is 16.5 Å². The number of halogens is 3. The Kier molecular flexibility index (Phi) is 3.55. The lowest BCUT2D eigenvalue weighted by molar-refractivity contribution is -0.137. The maximum absolute atomic E-state index is 13.2. The van der Waals surface area contributed by atoms with E-state index in [2.05, 4.69) is 0 Å². The number of nitriles is 1. The highest BCUT2D eigenvalue weighted by atomic mass is 32.3. The predicted octanol–water partition coefficient (Wildman–Crippen LogP) is 2.58. The Morgan fingerprint density at radius 1 is 1.32 bits per heavy atom. The summed E-state index contributed by atoms with van der Waals surface area (Å²) < 4.78 is 67.6. The first-order valence-corrected chi connectivity index (χ1v) is 9.21. The fourth-order valence-electron chi connectivity index (χ4n) is 4.15. The maximum Gasteiger partial charge on any atom is 0.417 e. The zero-order valence-electron chi connectivity index (χ0n) is 12.7. The number of benzene rings is 1. The summed E-state index contributed by atoms with van der Waals surface area (Å²) in [7, 11) is -3.41.